The van der Waals surface area contributed by atoms with Gasteiger partial charge in [-0.1, -0.05) is 11.6 Å². The molecule has 1 fully saturated rings. The first kappa shape index (κ1) is 16.0. The number of carbonyl (C=O) groups is 2. The van der Waals surface area contributed by atoms with E-state index in [0.717, 1.165) is 25.9 Å². The number of carbonyl (C=O) groups excluding carboxylic acids is 2. The summed E-state index contributed by atoms with van der Waals surface area (Å²) in [5.41, 5.74) is 0.612. The molecule has 1 N–H and O–H groups in total. The third-order valence-electron chi connectivity index (χ3n) is 3.99. The van der Waals surface area contributed by atoms with Gasteiger partial charge in [0.1, 0.15) is 0 Å². The van der Waals surface area contributed by atoms with Crippen molar-refractivity contribution < 1.29 is 9.59 Å². The molecule has 5 heteroatoms. The molecule has 0 bridgehead atoms. The highest BCUT2D eigenvalue weighted by molar-refractivity contribution is 6.30. The summed E-state index contributed by atoms with van der Waals surface area (Å²) in [4.78, 5) is 26.0. The van der Waals surface area contributed by atoms with E-state index in [0.29, 0.717) is 16.6 Å². The fourth-order valence-corrected chi connectivity index (χ4v) is 2.70. The molecule has 2 rings (SSSR count). The van der Waals surface area contributed by atoms with Gasteiger partial charge in [-0.2, -0.15) is 0 Å². The van der Waals surface area contributed by atoms with E-state index >= 15 is 0 Å². The number of likely N-dealkylation sites (tertiary alicyclic amines) is 1. The van der Waals surface area contributed by atoms with E-state index in [9.17, 15) is 9.59 Å². The van der Waals surface area contributed by atoms with E-state index in [1.807, 2.05) is 11.9 Å². The van der Waals surface area contributed by atoms with Crippen molar-refractivity contribution in [1.29, 1.82) is 0 Å². The Hall–Kier alpha value is -1.39. The van der Waals surface area contributed by atoms with Crippen LogP contribution in [0.25, 0.3) is 0 Å². The molecule has 0 aromatic heterocycles. The number of benzene rings is 1. The maximum atomic E-state index is 12.1. The number of nitrogens with one attached hydrogen (secondary N) is 1. The Balaban J connectivity index is 1.78. The van der Waals surface area contributed by atoms with Gasteiger partial charge in [-0.05, 0) is 44.2 Å². The number of piperidine rings is 1. The number of nitrogens with zero attached hydrogens (tertiary/aromatic N) is 1. The van der Waals surface area contributed by atoms with Crippen LogP contribution in [-0.2, 0) is 4.79 Å². The average Bonchev–Trinajstić information content (AvgIpc) is 2.53. The summed E-state index contributed by atoms with van der Waals surface area (Å²) in [6, 6.07) is 7.30. The number of amides is 1. The zero-order chi connectivity index (χ0) is 15.2. The van der Waals surface area contributed by atoms with E-state index in [1.54, 1.807) is 24.3 Å². The van der Waals surface area contributed by atoms with Gasteiger partial charge >= 0.3 is 0 Å². The minimum absolute atomic E-state index is 0.00914. The molecule has 1 aromatic carbocycles. The lowest BCUT2D eigenvalue weighted by Gasteiger charge is -2.31. The molecule has 0 spiro atoms. The van der Waals surface area contributed by atoms with E-state index in [2.05, 4.69) is 5.32 Å². The van der Waals surface area contributed by atoms with E-state index in [-0.39, 0.29) is 24.5 Å². The van der Waals surface area contributed by atoms with E-state index in [4.69, 9.17) is 11.6 Å². The van der Waals surface area contributed by atoms with Crippen molar-refractivity contribution in [2.45, 2.75) is 31.7 Å². The number of ketones is 1. The van der Waals surface area contributed by atoms with Gasteiger partial charge in [0.2, 0.25) is 5.91 Å². The second-order valence-electron chi connectivity index (χ2n) is 5.37. The number of halogens is 1. The maximum absolute atomic E-state index is 12.1. The van der Waals surface area contributed by atoms with Crippen molar-refractivity contribution in [3.8, 4) is 0 Å². The Labute approximate surface area is 130 Å². The number of rotatable bonds is 5. The summed E-state index contributed by atoms with van der Waals surface area (Å²) < 4.78 is 0. The van der Waals surface area contributed by atoms with Gasteiger partial charge in [0.05, 0.1) is 0 Å². The van der Waals surface area contributed by atoms with E-state index < -0.39 is 0 Å². The van der Waals surface area contributed by atoms with Crippen LogP contribution in [0.5, 0.6) is 0 Å². The molecule has 4 nitrogen and oxygen atoms in total. The summed E-state index contributed by atoms with van der Waals surface area (Å²) in [7, 11) is 1.95. The van der Waals surface area contributed by atoms with Crippen LogP contribution in [0.3, 0.4) is 0 Å². The van der Waals surface area contributed by atoms with Gasteiger partial charge in [0.15, 0.2) is 5.78 Å². The molecule has 114 valence electrons. The Morgan fingerprint density at radius 1 is 1.19 bits per heavy atom. The molecule has 1 heterocycles. The van der Waals surface area contributed by atoms with Gasteiger partial charge in [-0.15, -0.1) is 0 Å². The summed E-state index contributed by atoms with van der Waals surface area (Å²) in [6.45, 7) is 1.55. The van der Waals surface area contributed by atoms with Crippen molar-refractivity contribution in [2.24, 2.45) is 0 Å². The third kappa shape index (κ3) is 4.55. The van der Waals surface area contributed by atoms with Crippen LogP contribution < -0.4 is 5.32 Å². The van der Waals surface area contributed by atoms with Crippen molar-refractivity contribution >= 4 is 23.3 Å². The highest BCUT2D eigenvalue weighted by Gasteiger charge is 2.22. The van der Waals surface area contributed by atoms with Crippen LogP contribution in [0.4, 0.5) is 0 Å². The Kier molecular flexibility index (Phi) is 5.76. The summed E-state index contributed by atoms with van der Waals surface area (Å²) in [5, 5.41) is 3.84. The zero-order valence-electron chi connectivity index (χ0n) is 12.3. The fraction of sp³-hybridized carbons (Fsp3) is 0.500. The van der Waals surface area contributed by atoms with Crippen molar-refractivity contribution in [1.82, 2.24) is 10.2 Å². The normalized spacial score (nSPS) is 16.0. The molecule has 0 atom stereocenters. The van der Waals surface area contributed by atoms with Crippen LogP contribution in [0.2, 0.25) is 5.02 Å². The van der Waals surface area contributed by atoms with Crippen LogP contribution >= 0.6 is 11.6 Å². The molecule has 0 saturated carbocycles. The second-order valence-corrected chi connectivity index (χ2v) is 5.81. The van der Waals surface area contributed by atoms with Crippen LogP contribution in [0.1, 0.15) is 36.0 Å². The fourth-order valence-electron chi connectivity index (χ4n) is 2.58. The van der Waals surface area contributed by atoms with Gasteiger partial charge in [-0.25, -0.2) is 0 Å². The quantitative estimate of drug-likeness (QED) is 0.850. The average molecular weight is 309 g/mol. The third-order valence-corrected chi connectivity index (χ3v) is 4.24. The van der Waals surface area contributed by atoms with Gasteiger partial charge in [0, 0.05) is 42.6 Å². The smallest absolute Gasteiger partial charge is 0.223 e. The number of Topliss-reactive ketones (excluding diaryl/α,β-unsaturated/α-hetero) is 1. The summed E-state index contributed by atoms with van der Waals surface area (Å²) >= 11 is 5.79. The first-order valence-corrected chi connectivity index (χ1v) is 7.71. The first-order valence-electron chi connectivity index (χ1n) is 7.34. The summed E-state index contributed by atoms with van der Waals surface area (Å²) in [6.07, 6.45) is 2.50. The predicted octanol–water partition coefficient (Wildman–Crippen LogP) is 2.51. The van der Waals surface area contributed by atoms with E-state index in [1.165, 1.54) is 0 Å². The van der Waals surface area contributed by atoms with Crippen LogP contribution in [-0.4, -0.2) is 42.8 Å². The topological polar surface area (TPSA) is 49.4 Å². The molecule has 1 amide bonds. The molecule has 1 aliphatic rings. The second kappa shape index (κ2) is 7.57. The molecule has 0 aliphatic carbocycles. The standard InChI is InChI=1S/C16H21ClN2O2/c1-18-14-8-10-19(11-9-14)16(21)7-6-15(20)12-2-4-13(17)5-3-12/h2-5,14,18H,6-11H2,1H3. The minimum Gasteiger partial charge on any atom is -0.343 e. The molecule has 0 radical (unpaired) electrons. The number of hydrogen-bond acceptors (Lipinski definition) is 3. The number of hydrogen-bond donors (Lipinski definition) is 1. The predicted molar refractivity (Wildman–Crippen MR) is 83.7 cm³/mol. The zero-order valence-corrected chi connectivity index (χ0v) is 13.0. The molecule has 0 unspecified atom stereocenters. The van der Waals surface area contributed by atoms with Gasteiger partial charge in [-0.3, -0.25) is 9.59 Å². The Morgan fingerprint density at radius 3 is 2.38 bits per heavy atom. The van der Waals surface area contributed by atoms with Crippen molar-refractivity contribution in [2.75, 3.05) is 20.1 Å². The highest BCUT2D eigenvalue weighted by atomic mass is 35.5. The first-order chi connectivity index (χ1) is 10.1. The van der Waals surface area contributed by atoms with Crippen molar-refractivity contribution in [3.05, 3.63) is 34.9 Å². The van der Waals surface area contributed by atoms with Crippen LogP contribution in [0.15, 0.2) is 24.3 Å². The molecule has 1 aromatic rings. The molecule has 1 saturated heterocycles. The molecular weight excluding hydrogens is 288 g/mol. The van der Waals surface area contributed by atoms with Gasteiger partial charge in [0.25, 0.3) is 0 Å². The summed E-state index contributed by atoms with van der Waals surface area (Å²) in [5.74, 6) is 0.0667. The Bertz CT molecular complexity index is 494. The maximum Gasteiger partial charge on any atom is 0.223 e. The largest absolute Gasteiger partial charge is 0.343 e. The van der Waals surface area contributed by atoms with Gasteiger partial charge < -0.3 is 10.2 Å². The molecule has 1 aliphatic heterocycles. The monoisotopic (exact) mass is 308 g/mol. The van der Waals surface area contributed by atoms with Crippen LogP contribution in [0, 0.1) is 0 Å². The minimum atomic E-state index is -0.00914. The lowest BCUT2D eigenvalue weighted by atomic mass is 10.0. The lowest BCUT2D eigenvalue weighted by Crippen LogP contribution is -2.44. The van der Waals surface area contributed by atoms with Crippen molar-refractivity contribution in [3.63, 3.8) is 0 Å². The lowest BCUT2D eigenvalue weighted by molar-refractivity contribution is -0.132. The SMILES string of the molecule is CNC1CCN(C(=O)CCC(=O)c2ccc(Cl)cc2)CC1. The Morgan fingerprint density at radius 2 is 1.81 bits per heavy atom. The highest BCUT2D eigenvalue weighted by Crippen LogP contribution is 2.14. The molecule has 21 heavy (non-hydrogen) atoms. The molecular formula is C16H21ClN2O2.